The molecule has 0 bridgehead atoms. The van der Waals surface area contributed by atoms with Crippen molar-refractivity contribution >= 4 is 28.4 Å². The number of para-hydroxylation sites is 1. The summed E-state index contributed by atoms with van der Waals surface area (Å²) in [5.74, 6) is 0.973. The Labute approximate surface area is 183 Å². The molecule has 166 valence electrons. The Kier molecular flexibility index (Phi) is 5.69. The maximum Gasteiger partial charge on any atom is 0.235 e. The van der Waals surface area contributed by atoms with E-state index < -0.39 is 0 Å². The molecule has 3 saturated heterocycles. The zero-order chi connectivity index (χ0) is 21.4. The monoisotopic (exact) mass is 423 g/mol. The van der Waals surface area contributed by atoms with Gasteiger partial charge in [-0.05, 0) is 69.5 Å². The number of hydrogen-bond donors (Lipinski definition) is 2. The van der Waals surface area contributed by atoms with Crippen molar-refractivity contribution in [3.63, 3.8) is 0 Å². The van der Waals surface area contributed by atoms with Gasteiger partial charge in [0.15, 0.2) is 0 Å². The van der Waals surface area contributed by atoms with Gasteiger partial charge in [0.1, 0.15) is 0 Å². The predicted octanol–water partition coefficient (Wildman–Crippen LogP) is 2.70. The zero-order valence-corrected chi connectivity index (χ0v) is 18.4. The van der Waals surface area contributed by atoms with E-state index in [1.54, 1.807) is 0 Å². The van der Waals surface area contributed by atoms with Crippen LogP contribution in [0.3, 0.4) is 0 Å². The van der Waals surface area contributed by atoms with Gasteiger partial charge in [-0.15, -0.1) is 0 Å². The Morgan fingerprint density at radius 3 is 2.52 bits per heavy atom. The van der Waals surface area contributed by atoms with Gasteiger partial charge < -0.3 is 10.2 Å². The van der Waals surface area contributed by atoms with Gasteiger partial charge in [-0.25, -0.2) is 0 Å². The zero-order valence-electron chi connectivity index (χ0n) is 18.4. The van der Waals surface area contributed by atoms with E-state index in [0.29, 0.717) is 12.8 Å². The Morgan fingerprint density at radius 1 is 1.03 bits per heavy atom. The predicted molar refractivity (Wildman–Crippen MR) is 121 cm³/mol. The number of fused-ring (bicyclic) bond motifs is 1. The third-order valence-corrected chi connectivity index (χ3v) is 7.52. The molecule has 2 aromatic rings. The number of amides is 2. The van der Waals surface area contributed by atoms with Crippen molar-refractivity contribution in [2.75, 3.05) is 31.1 Å². The van der Waals surface area contributed by atoms with Crippen molar-refractivity contribution in [3.8, 4) is 0 Å². The average Bonchev–Trinajstić information content (AvgIpc) is 3.12. The molecule has 31 heavy (non-hydrogen) atoms. The number of carbonyl (C=O) groups is 2. The van der Waals surface area contributed by atoms with Crippen LogP contribution in [0.15, 0.2) is 18.2 Å². The van der Waals surface area contributed by atoms with Crippen molar-refractivity contribution in [1.82, 2.24) is 20.4 Å². The highest BCUT2D eigenvalue weighted by Crippen LogP contribution is 2.37. The number of piperidine rings is 3. The van der Waals surface area contributed by atoms with Crippen LogP contribution in [0.1, 0.15) is 56.6 Å². The third kappa shape index (κ3) is 4.07. The Hall–Kier alpha value is -2.41. The molecule has 0 saturated carbocycles. The van der Waals surface area contributed by atoms with E-state index in [4.69, 9.17) is 5.10 Å². The maximum atomic E-state index is 12.4. The Bertz CT molecular complexity index is 970. The number of nitrogens with one attached hydrogen (secondary N) is 2. The second kappa shape index (κ2) is 8.61. The van der Waals surface area contributed by atoms with E-state index in [9.17, 15) is 9.59 Å². The van der Waals surface area contributed by atoms with Crippen LogP contribution < -0.4 is 15.5 Å². The lowest BCUT2D eigenvalue weighted by molar-refractivity contribution is -0.134. The summed E-state index contributed by atoms with van der Waals surface area (Å²) < 4.78 is 1.92. The normalized spacial score (nSPS) is 24.0. The first kappa shape index (κ1) is 20.5. The van der Waals surface area contributed by atoms with Gasteiger partial charge in [0, 0.05) is 31.9 Å². The molecule has 1 aromatic heterocycles. The fourth-order valence-electron chi connectivity index (χ4n) is 5.81. The van der Waals surface area contributed by atoms with E-state index in [2.05, 4.69) is 33.7 Å². The van der Waals surface area contributed by atoms with Crippen molar-refractivity contribution in [2.24, 2.45) is 18.9 Å². The highest BCUT2D eigenvalue weighted by atomic mass is 16.2. The second-order valence-electron chi connectivity index (χ2n) is 9.55. The molecule has 0 aliphatic carbocycles. The minimum atomic E-state index is -0.354. The van der Waals surface area contributed by atoms with Crippen LogP contribution in [-0.2, 0) is 16.6 Å². The van der Waals surface area contributed by atoms with Crippen LogP contribution in [0.25, 0.3) is 10.9 Å². The van der Waals surface area contributed by atoms with Crippen LogP contribution in [-0.4, -0.2) is 47.8 Å². The molecule has 3 aliphatic rings. The minimum Gasteiger partial charge on any atom is -0.370 e. The second-order valence-corrected chi connectivity index (χ2v) is 9.55. The molecule has 4 heterocycles. The van der Waals surface area contributed by atoms with Gasteiger partial charge in [-0.2, -0.15) is 5.10 Å². The first-order valence-electron chi connectivity index (χ1n) is 11.8. The molecule has 0 radical (unpaired) electrons. The van der Waals surface area contributed by atoms with Crippen molar-refractivity contribution < 1.29 is 9.59 Å². The molecule has 7 nitrogen and oxygen atoms in total. The van der Waals surface area contributed by atoms with E-state index in [1.165, 1.54) is 50.9 Å². The number of hydrogen-bond acceptors (Lipinski definition) is 5. The quantitative estimate of drug-likeness (QED) is 0.740. The largest absolute Gasteiger partial charge is 0.370 e. The third-order valence-electron chi connectivity index (χ3n) is 7.52. The molecule has 2 N–H and O–H groups in total. The summed E-state index contributed by atoms with van der Waals surface area (Å²) in [4.78, 5) is 26.5. The fraction of sp³-hybridized carbons (Fsp3) is 0.625. The molecular formula is C24H33N5O2. The lowest BCUT2D eigenvalue weighted by Crippen LogP contribution is -2.39. The fourth-order valence-corrected chi connectivity index (χ4v) is 5.81. The van der Waals surface area contributed by atoms with Gasteiger partial charge in [0.2, 0.25) is 11.8 Å². The molecule has 5 rings (SSSR count). The Balaban J connectivity index is 1.33. The lowest BCUT2D eigenvalue weighted by Gasteiger charge is -2.36. The summed E-state index contributed by atoms with van der Waals surface area (Å²) in [6, 6.07) is 6.33. The van der Waals surface area contributed by atoms with Crippen LogP contribution >= 0.6 is 0 Å². The van der Waals surface area contributed by atoms with E-state index in [0.717, 1.165) is 41.5 Å². The standard InChI is InChI=1S/C24H33N5O2/c1-28-23-18(22(27-28)19-5-6-21(30)26-24(19)31)3-2-4-20(23)29-13-9-17(10-14-29)15-16-7-11-25-12-8-16/h2-4,16-17,19,25H,5-15H2,1H3,(H,26,30,31). The van der Waals surface area contributed by atoms with E-state index >= 15 is 0 Å². The SMILES string of the molecule is Cn1nc(C2CCC(=O)NC2=O)c2cccc(N3CCC(CC4CCNCC4)CC3)c21. The summed E-state index contributed by atoms with van der Waals surface area (Å²) >= 11 is 0. The first-order valence-corrected chi connectivity index (χ1v) is 11.8. The van der Waals surface area contributed by atoms with Crippen LogP contribution in [0, 0.1) is 11.8 Å². The smallest absolute Gasteiger partial charge is 0.235 e. The minimum absolute atomic E-state index is 0.186. The average molecular weight is 424 g/mol. The summed E-state index contributed by atoms with van der Waals surface area (Å²) in [6.07, 6.45) is 7.44. The van der Waals surface area contributed by atoms with Gasteiger partial charge in [-0.3, -0.25) is 19.6 Å². The summed E-state index contributed by atoms with van der Waals surface area (Å²) in [6.45, 7) is 4.52. The number of aryl methyl sites for hydroxylation is 1. The van der Waals surface area contributed by atoms with Crippen LogP contribution in [0.4, 0.5) is 5.69 Å². The lowest BCUT2D eigenvalue weighted by atomic mass is 9.83. The van der Waals surface area contributed by atoms with E-state index in [-0.39, 0.29) is 17.7 Å². The highest BCUT2D eigenvalue weighted by Gasteiger charge is 2.32. The number of aromatic nitrogens is 2. The summed E-state index contributed by atoms with van der Waals surface area (Å²) in [5.41, 5.74) is 3.11. The number of nitrogens with zero attached hydrogens (tertiary/aromatic N) is 3. The molecule has 1 aromatic carbocycles. The number of carbonyl (C=O) groups excluding carboxylic acids is 2. The topological polar surface area (TPSA) is 79.3 Å². The molecule has 1 unspecified atom stereocenters. The molecule has 3 aliphatic heterocycles. The van der Waals surface area contributed by atoms with Crippen molar-refractivity contribution in [2.45, 2.75) is 50.9 Å². The van der Waals surface area contributed by atoms with Gasteiger partial charge >= 0.3 is 0 Å². The highest BCUT2D eigenvalue weighted by molar-refractivity contribution is 6.03. The molecule has 1 atom stereocenters. The number of benzene rings is 1. The molecule has 2 amide bonds. The molecular weight excluding hydrogens is 390 g/mol. The first-order chi connectivity index (χ1) is 15.1. The van der Waals surface area contributed by atoms with Crippen molar-refractivity contribution in [1.29, 1.82) is 0 Å². The van der Waals surface area contributed by atoms with Gasteiger partial charge in [-0.1, -0.05) is 12.1 Å². The van der Waals surface area contributed by atoms with Crippen molar-refractivity contribution in [3.05, 3.63) is 23.9 Å². The van der Waals surface area contributed by atoms with Crippen LogP contribution in [0.2, 0.25) is 0 Å². The molecule has 0 spiro atoms. The number of rotatable bonds is 4. The molecule has 7 heteroatoms. The van der Waals surface area contributed by atoms with E-state index in [1.807, 2.05) is 11.7 Å². The van der Waals surface area contributed by atoms with Crippen LogP contribution in [0.5, 0.6) is 0 Å². The van der Waals surface area contributed by atoms with Gasteiger partial charge in [0.25, 0.3) is 0 Å². The number of anilines is 1. The Morgan fingerprint density at radius 2 is 1.77 bits per heavy atom. The summed E-state index contributed by atoms with van der Waals surface area (Å²) in [7, 11) is 1.96. The summed E-state index contributed by atoms with van der Waals surface area (Å²) in [5, 5.41) is 11.7. The molecule has 3 fully saturated rings. The maximum absolute atomic E-state index is 12.4. The number of imide groups is 1. The van der Waals surface area contributed by atoms with Gasteiger partial charge in [0.05, 0.1) is 22.8 Å².